The molecule has 1 aromatic heterocycles. The van der Waals surface area contributed by atoms with Crippen molar-refractivity contribution in [1.82, 2.24) is 0 Å². The molecule has 0 saturated heterocycles. The number of nitrogens with zero attached hydrogens (tertiary/aromatic N) is 1. The maximum atomic E-state index is 6.82. The number of furan rings is 1. The first-order chi connectivity index (χ1) is 31.4. The van der Waals surface area contributed by atoms with Crippen LogP contribution in [-0.2, 0) is 11.8 Å². The number of aliphatic imine (C=N–C) groups is 1. The van der Waals surface area contributed by atoms with Crippen molar-refractivity contribution in [2.45, 2.75) is 25.7 Å². The monoisotopic (exact) mass is 820 g/mol. The molecular formula is C61H44N2O. The zero-order valence-electron chi connectivity index (χ0n) is 35.8. The third kappa shape index (κ3) is 6.07. The maximum absolute atomic E-state index is 6.82. The van der Waals surface area contributed by atoms with Crippen molar-refractivity contribution in [2.24, 2.45) is 10.7 Å². The number of nitrogens with two attached hydrogens (primary N) is 1. The third-order valence-corrected chi connectivity index (χ3v) is 13.6. The van der Waals surface area contributed by atoms with Crippen LogP contribution in [0.4, 0.5) is 0 Å². The van der Waals surface area contributed by atoms with E-state index in [2.05, 4.69) is 172 Å². The van der Waals surface area contributed by atoms with E-state index < -0.39 is 0 Å². The van der Waals surface area contributed by atoms with Gasteiger partial charge in [0, 0.05) is 27.3 Å². The van der Waals surface area contributed by atoms with Crippen LogP contribution >= 0.6 is 0 Å². The Hall–Kier alpha value is -8.01. The van der Waals surface area contributed by atoms with Gasteiger partial charge in [-0.3, -0.25) is 0 Å². The van der Waals surface area contributed by atoms with Crippen molar-refractivity contribution in [3.63, 3.8) is 0 Å². The summed E-state index contributed by atoms with van der Waals surface area (Å²) in [4.78, 5) is 5.20. The van der Waals surface area contributed by atoms with Gasteiger partial charge in [-0.15, -0.1) is 0 Å². The normalized spacial score (nSPS) is 13.6. The van der Waals surface area contributed by atoms with Crippen LogP contribution in [0.1, 0.15) is 41.7 Å². The third-order valence-electron chi connectivity index (χ3n) is 13.6. The number of hydrogen-bond donors (Lipinski definition) is 1. The minimum atomic E-state index is -0.0806. The highest BCUT2D eigenvalue weighted by Crippen LogP contribution is 2.51. The second-order valence-corrected chi connectivity index (χ2v) is 17.6. The molecule has 0 radical (unpaired) electrons. The second-order valence-electron chi connectivity index (χ2n) is 17.6. The molecular weight excluding hydrogens is 777 g/mol. The molecule has 0 unspecified atom stereocenters. The predicted octanol–water partition coefficient (Wildman–Crippen LogP) is 15.7. The molecule has 0 amide bonds. The highest BCUT2D eigenvalue weighted by Gasteiger charge is 2.36. The van der Waals surface area contributed by atoms with Crippen molar-refractivity contribution in [2.75, 3.05) is 0 Å². The summed E-state index contributed by atoms with van der Waals surface area (Å²) in [7, 11) is 0. The van der Waals surface area contributed by atoms with Crippen LogP contribution in [0, 0.1) is 0 Å². The van der Waals surface area contributed by atoms with Crippen LogP contribution in [0.5, 0.6) is 0 Å². The molecule has 1 aliphatic rings. The fourth-order valence-corrected chi connectivity index (χ4v) is 10.4. The number of amidine groups is 1. The van der Waals surface area contributed by atoms with E-state index in [-0.39, 0.29) is 5.41 Å². The summed E-state index contributed by atoms with van der Waals surface area (Å²) in [5.74, 6) is 0.473. The molecule has 0 saturated carbocycles. The number of rotatable bonds is 7. The lowest BCUT2D eigenvalue weighted by atomic mass is 9.81. The number of fused-ring (bicyclic) bond motifs is 9. The molecule has 11 aromatic rings. The topological polar surface area (TPSA) is 51.5 Å². The Labute approximate surface area is 372 Å². The Kier molecular flexibility index (Phi) is 8.74. The largest absolute Gasteiger partial charge is 0.456 e. The summed E-state index contributed by atoms with van der Waals surface area (Å²) >= 11 is 0. The summed E-state index contributed by atoms with van der Waals surface area (Å²) in [6.07, 6.45) is 2.86. The highest BCUT2D eigenvalue weighted by atomic mass is 16.3. The minimum Gasteiger partial charge on any atom is -0.456 e. The molecule has 1 heterocycles. The number of benzene rings is 10. The van der Waals surface area contributed by atoms with E-state index in [4.69, 9.17) is 15.1 Å². The van der Waals surface area contributed by atoms with Crippen LogP contribution in [0.15, 0.2) is 216 Å². The lowest BCUT2D eigenvalue weighted by Crippen LogP contribution is -2.14. The molecule has 3 heteroatoms. The SMILES string of the molecule is CC1(C)c2ccc(-c3ccc(-c4ccc(/C(=C/Cc5cccc6oc7ccccc7c56)N=C(N)c5ccccc5)c5ccccc45)c4ccccc34)cc2-c2cc3ccccc3cc21. The first kappa shape index (κ1) is 37.7. The molecule has 10 aromatic carbocycles. The maximum Gasteiger partial charge on any atom is 0.135 e. The molecule has 1 aliphatic carbocycles. The van der Waals surface area contributed by atoms with Crippen molar-refractivity contribution in [1.29, 1.82) is 0 Å². The molecule has 64 heavy (non-hydrogen) atoms. The van der Waals surface area contributed by atoms with Crippen molar-refractivity contribution < 1.29 is 4.42 Å². The average Bonchev–Trinajstić information content (AvgIpc) is 3.83. The molecule has 304 valence electrons. The van der Waals surface area contributed by atoms with Crippen LogP contribution in [-0.4, -0.2) is 5.84 Å². The Bertz CT molecular complexity index is 3740. The highest BCUT2D eigenvalue weighted by molar-refractivity contribution is 6.12. The van der Waals surface area contributed by atoms with Gasteiger partial charge < -0.3 is 10.2 Å². The van der Waals surface area contributed by atoms with Gasteiger partial charge in [0.05, 0.1) is 5.70 Å². The smallest absolute Gasteiger partial charge is 0.135 e. The lowest BCUT2D eigenvalue weighted by molar-refractivity contribution is 0.661. The fraction of sp³-hybridized carbons (Fsp3) is 0.0656. The Morgan fingerprint density at radius 1 is 0.500 bits per heavy atom. The molecule has 0 fully saturated rings. The van der Waals surface area contributed by atoms with E-state index in [9.17, 15) is 0 Å². The Morgan fingerprint density at radius 3 is 1.88 bits per heavy atom. The van der Waals surface area contributed by atoms with Gasteiger partial charge in [-0.25, -0.2) is 4.99 Å². The summed E-state index contributed by atoms with van der Waals surface area (Å²) in [5, 5.41) is 9.52. The molecule has 0 bridgehead atoms. The molecule has 0 aliphatic heterocycles. The van der Waals surface area contributed by atoms with E-state index in [1.54, 1.807) is 0 Å². The molecule has 2 N–H and O–H groups in total. The standard InChI is InChI=1S/C61H44N2O/c1-61(2)54-33-27-42(36-52(54)53-35-40-17-6-7-18-41(40)37-55(53)61)43-29-30-48(45-21-9-8-20-44(43)45)49-31-32-50(47-23-11-10-22-46(47)49)56(63-60(62)39-15-4-3-5-16-39)34-28-38-19-14-26-58-59(38)51-24-12-13-25-57(51)64-58/h3-27,29-37H,28H2,1-2H3,(H2,62,63)/b56-34-. The van der Waals surface area contributed by atoms with E-state index in [0.717, 1.165) is 49.5 Å². The summed E-state index contributed by atoms with van der Waals surface area (Å²) in [5.41, 5.74) is 22.7. The summed E-state index contributed by atoms with van der Waals surface area (Å²) < 4.78 is 6.27. The first-order valence-electron chi connectivity index (χ1n) is 22.1. The zero-order chi connectivity index (χ0) is 42.9. The zero-order valence-corrected chi connectivity index (χ0v) is 35.8. The number of hydrogen-bond acceptors (Lipinski definition) is 2. The molecule has 12 rings (SSSR count). The van der Waals surface area contributed by atoms with Gasteiger partial charge in [0.2, 0.25) is 0 Å². The van der Waals surface area contributed by atoms with E-state index >= 15 is 0 Å². The van der Waals surface area contributed by atoms with Gasteiger partial charge >= 0.3 is 0 Å². The van der Waals surface area contributed by atoms with Gasteiger partial charge in [-0.05, 0) is 119 Å². The quantitative estimate of drug-likeness (QED) is 0.129. The van der Waals surface area contributed by atoms with Crippen LogP contribution in [0.3, 0.4) is 0 Å². The molecule has 3 nitrogen and oxygen atoms in total. The van der Waals surface area contributed by atoms with Gasteiger partial charge in [0.15, 0.2) is 0 Å². The van der Waals surface area contributed by atoms with Crippen LogP contribution in [0.25, 0.3) is 93.3 Å². The number of allylic oxidation sites excluding steroid dienone is 1. The summed E-state index contributed by atoms with van der Waals surface area (Å²) in [6, 6.07) is 71.9. The van der Waals surface area contributed by atoms with E-state index in [1.165, 1.54) is 71.6 Å². The molecule has 0 atom stereocenters. The lowest BCUT2D eigenvalue weighted by Gasteiger charge is -2.22. The minimum absolute atomic E-state index is 0.0806. The van der Waals surface area contributed by atoms with E-state index in [0.29, 0.717) is 12.3 Å². The second kappa shape index (κ2) is 14.8. The van der Waals surface area contributed by atoms with Crippen LogP contribution in [0.2, 0.25) is 0 Å². The van der Waals surface area contributed by atoms with Gasteiger partial charge in [0.25, 0.3) is 0 Å². The van der Waals surface area contributed by atoms with Crippen molar-refractivity contribution in [3.05, 3.63) is 234 Å². The number of para-hydroxylation sites is 1. The van der Waals surface area contributed by atoms with Crippen LogP contribution < -0.4 is 5.73 Å². The summed E-state index contributed by atoms with van der Waals surface area (Å²) in [6.45, 7) is 4.72. The molecule has 0 spiro atoms. The average molecular weight is 821 g/mol. The predicted molar refractivity (Wildman–Crippen MR) is 270 cm³/mol. The van der Waals surface area contributed by atoms with E-state index in [1.807, 2.05) is 48.5 Å². The Balaban J connectivity index is 0.986. The first-order valence-corrected chi connectivity index (χ1v) is 22.1. The van der Waals surface area contributed by atoms with Gasteiger partial charge in [-0.1, -0.05) is 190 Å². The van der Waals surface area contributed by atoms with Gasteiger partial charge in [0.1, 0.15) is 17.0 Å². The van der Waals surface area contributed by atoms with Crippen molar-refractivity contribution >= 4 is 65.8 Å². The van der Waals surface area contributed by atoms with Crippen molar-refractivity contribution in [3.8, 4) is 33.4 Å². The van der Waals surface area contributed by atoms with Gasteiger partial charge in [-0.2, -0.15) is 0 Å². The fourth-order valence-electron chi connectivity index (χ4n) is 10.4. The Morgan fingerprint density at radius 2 is 1.09 bits per heavy atom.